The highest BCUT2D eigenvalue weighted by Gasteiger charge is 1.92. The summed E-state index contributed by atoms with van der Waals surface area (Å²) in [7, 11) is 1.40. The molecule has 0 aromatic heterocycles. The van der Waals surface area contributed by atoms with Crippen molar-refractivity contribution in [2.45, 2.75) is 19.8 Å². The Hall–Kier alpha value is -1.26. The average molecular weight is 161 g/mol. The number of hydrogen-bond donors (Lipinski definition) is 3. The molecular weight excluding hydrogens is 146 g/mol. The van der Waals surface area contributed by atoms with Crippen LogP contribution in [0.25, 0.3) is 0 Å². The molecular formula is C6H15N3O2. The van der Waals surface area contributed by atoms with Crippen LogP contribution in [-0.2, 0) is 9.53 Å². The van der Waals surface area contributed by atoms with Gasteiger partial charge in [-0.05, 0) is 6.42 Å². The fraction of sp³-hybridized carbons (Fsp3) is 0.667. The average Bonchev–Trinajstić information content (AvgIpc) is 1.87. The zero-order valence-corrected chi connectivity index (χ0v) is 6.89. The topological polar surface area (TPSA) is 102 Å². The van der Waals surface area contributed by atoms with E-state index < -0.39 is 0 Å². The lowest BCUT2D eigenvalue weighted by atomic mass is 10.3. The van der Waals surface area contributed by atoms with Gasteiger partial charge in [-0.15, -0.1) is 0 Å². The fourth-order valence-corrected chi connectivity index (χ4v) is 0.306. The van der Waals surface area contributed by atoms with Crippen molar-refractivity contribution in [3.8, 4) is 0 Å². The van der Waals surface area contributed by atoms with Gasteiger partial charge in [0.1, 0.15) is 0 Å². The van der Waals surface area contributed by atoms with Crippen LogP contribution in [0, 0.1) is 5.41 Å². The third-order valence-corrected chi connectivity index (χ3v) is 0.682. The first-order valence-electron chi connectivity index (χ1n) is 3.20. The highest BCUT2D eigenvalue weighted by molar-refractivity contribution is 5.71. The van der Waals surface area contributed by atoms with Gasteiger partial charge in [-0.25, -0.2) is 0 Å². The number of nitrogens with two attached hydrogens (primary N) is 2. The van der Waals surface area contributed by atoms with Gasteiger partial charge in [-0.2, -0.15) is 0 Å². The molecule has 0 aromatic rings. The Morgan fingerprint density at radius 1 is 1.55 bits per heavy atom. The molecule has 0 radical (unpaired) electrons. The largest absolute Gasteiger partial charge is 0.469 e. The van der Waals surface area contributed by atoms with Crippen molar-refractivity contribution < 1.29 is 9.53 Å². The van der Waals surface area contributed by atoms with Crippen LogP contribution in [0.1, 0.15) is 19.8 Å². The summed E-state index contributed by atoms with van der Waals surface area (Å²) in [5, 5.41) is 6.06. The molecule has 66 valence electrons. The smallest absolute Gasteiger partial charge is 0.305 e. The second kappa shape index (κ2) is 8.74. The van der Waals surface area contributed by atoms with Crippen LogP contribution in [0.5, 0.6) is 0 Å². The molecule has 0 rings (SSSR count). The fourth-order valence-electron chi connectivity index (χ4n) is 0.306. The molecule has 0 aliphatic heterocycles. The molecule has 5 nitrogen and oxygen atoms in total. The second-order valence-electron chi connectivity index (χ2n) is 1.78. The minimum absolute atomic E-state index is 0.123. The van der Waals surface area contributed by atoms with Crippen LogP contribution in [0.15, 0.2) is 0 Å². The van der Waals surface area contributed by atoms with Crippen molar-refractivity contribution in [2.75, 3.05) is 7.11 Å². The number of hydrogen-bond acceptors (Lipinski definition) is 3. The summed E-state index contributed by atoms with van der Waals surface area (Å²) in [6.45, 7) is 1.94. The number of carbonyl (C=O) groups excluding carboxylic acids is 1. The molecule has 5 N–H and O–H groups in total. The summed E-state index contributed by atoms with van der Waals surface area (Å²) in [4.78, 5) is 10.2. The van der Waals surface area contributed by atoms with Gasteiger partial charge in [-0.3, -0.25) is 10.2 Å². The Labute approximate surface area is 66.2 Å². The molecule has 0 atom stereocenters. The molecule has 0 saturated carbocycles. The summed E-state index contributed by atoms with van der Waals surface area (Å²) in [6, 6.07) is 0. The van der Waals surface area contributed by atoms with E-state index in [1.807, 2.05) is 6.92 Å². The van der Waals surface area contributed by atoms with Crippen molar-refractivity contribution in [3.63, 3.8) is 0 Å². The van der Waals surface area contributed by atoms with E-state index in [1.165, 1.54) is 7.11 Å². The summed E-state index contributed by atoms with van der Waals surface area (Å²) in [5.41, 5.74) is 8.94. The Morgan fingerprint density at radius 3 is 2.00 bits per heavy atom. The van der Waals surface area contributed by atoms with Gasteiger partial charge in [0.25, 0.3) is 0 Å². The van der Waals surface area contributed by atoms with E-state index in [4.69, 9.17) is 5.41 Å². The predicted molar refractivity (Wildman–Crippen MR) is 43.0 cm³/mol. The highest BCUT2D eigenvalue weighted by Crippen LogP contribution is 1.86. The lowest BCUT2D eigenvalue weighted by molar-refractivity contribution is -0.140. The van der Waals surface area contributed by atoms with Crippen LogP contribution < -0.4 is 11.5 Å². The Balaban J connectivity index is 0. The lowest BCUT2D eigenvalue weighted by Crippen LogP contribution is -2.20. The maximum atomic E-state index is 10.2. The maximum absolute atomic E-state index is 10.2. The number of methoxy groups -OCH3 is 1. The van der Waals surface area contributed by atoms with Crippen LogP contribution in [0.4, 0.5) is 0 Å². The van der Waals surface area contributed by atoms with E-state index in [0.717, 1.165) is 6.42 Å². The van der Waals surface area contributed by atoms with Gasteiger partial charge in [0, 0.05) is 6.42 Å². The number of carbonyl (C=O) groups is 1. The molecule has 0 amide bonds. The molecule has 11 heavy (non-hydrogen) atoms. The molecule has 0 spiro atoms. The van der Waals surface area contributed by atoms with Crippen LogP contribution in [0.2, 0.25) is 0 Å². The summed E-state index contributed by atoms with van der Waals surface area (Å²) >= 11 is 0. The molecule has 0 aromatic carbocycles. The SMILES string of the molecule is CCCC(=O)OC.N=C(N)N. The predicted octanol–water partition coefficient (Wildman–Crippen LogP) is -0.202. The van der Waals surface area contributed by atoms with E-state index in [9.17, 15) is 4.79 Å². The first-order valence-corrected chi connectivity index (χ1v) is 3.20. The third kappa shape index (κ3) is 28.4. The molecule has 0 unspecified atom stereocenters. The maximum Gasteiger partial charge on any atom is 0.305 e. The van der Waals surface area contributed by atoms with Crippen molar-refractivity contribution >= 4 is 11.9 Å². The standard InChI is InChI=1S/C5H10O2.CH5N3/c1-3-4-5(6)7-2;2-1(3)4/h3-4H2,1-2H3;(H5,2,3,4). The van der Waals surface area contributed by atoms with Gasteiger partial charge < -0.3 is 16.2 Å². The molecule has 0 heterocycles. The monoisotopic (exact) mass is 161 g/mol. The molecule has 0 aliphatic rings. The lowest BCUT2D eigenvalue weighted by Gasteiger charge is -1.91. The van der Waals surface area contributed by atoms with E-state index in [2.05, 4.69) is 16.2 Å². The number of rotatable bonds is 2. The number of nitrogens with one attached hydrogen (secondary N) is 1. The zero-order chi connectivity index (χ0) is 9.28. The molecule has 0 aliphatic carbocycles. The molecule has 0 fully saturated rings. The van der Waals surface area contributed by atoms with Crippen LogP contribution >= 0.6 is 0 Å². The Kier molecular flexibility index (Phi) is 9.87. The van der Waals surface area contributed by atoms with Crippen LogP contribution in [-0.4, -0.2) is 19.0 Å². The first kappa shape index (κ1) is 12.4. The second-order valence-corrected chi connectivity index (χ2v) is 1.78. The highest BCUT2D eigenvalue weighted by atomic mass is 16.5. The van der Waals surface area contributed by atoms with E-state index in [1.54, 1.807) is 0 Å². The normalized spacial score (nSPS) is 7.45. The van der Waals surface area contributed by atoms with Gasteiger partial charge >= 0.3 is 5.97 Å². The van der Waals surface area contributed by atoms with Crippen molar-refractivity contribution in [1.82, 2.24) is 0 Å². The Bertz CT molecular complexity index is 121. The van der Waals surface area contributed by atoms with E-state index >= 15 is 0 Å². The quantitative estimate of drug-likeness (QED) is 0.296. The Morgan fingerprint density at radius 2 is 1.91 bits per heavy atom. The summed E-state index contributed by atoms with van der Waals surface area (Å²) in [6.07, 6.45) is 1.41. The number of ether oxygens (including phenoxy) is 1. The van der Waals surface area contributed by atoms with Crippen molar-refractivity contribution in [1.29, 1.82) is 5.41 Å². The van der Waals surface area contributed by atoms with Crippen molar-refractivity contribution in [3.05, 3.63) is 0 Å². The minimum atomic E-state index is -0.333. The van der Waals surface area contributed by atoms with Gasteiger partial charge in [0.15, 0.2) is 5.96 Å². The van der Waals surface area contributed by atoms with Gasteiger partial charge in [0.05, 0.1) is 7.11 Å². The van der Waals surface area contributed by atoms with Gasteiger partial charge in [0.2, 0.25) is 0 Å². The molecule has 5 heteroatoms. The first-order chi connectivity index (χ1) is 5.04. The zero-order valence-electron chi connectivity index (χ0n) is 6.89. The van der Waals surface area contributed by atoms with Gasteiger partial charge in [-0.1, -0.05) is 6.92 Å². The van der Waals surface area contributed by atoms with Crippen molar-refractivity contribution in [2.24, 2.45) is 11.5 Å². The molecule has 0 saturated heterocycles. The number of guanidine groups is 1. The van der Waals surface area contributed by atoms with E-state index in [0.29, 0.717) is 6.42 Å². The minimum Gasteiger partial charge on any atom is -0.469 e. The third-order valence-electron chi connectivity index (χ3n) is 0.682. The molecule has 0 bridgehead atoms. The van der Waals surface area contributed by atoms with E-state index in [-0.39, 0.29) is 11.9 Å². The number of esters is 1. The summed E-state index contributed by atoms with van der Waals surface area (Å²) < 4.78 is 4.35. The summed E-state index contributed by atoms with van der Waals surface area (Å²) in [5.74, 6) is -0.456. The van der Waals surface area contributed by atoms with Crippen LogP contribution in [0.3, 0.4) is 0 Å².